The zero-order chi connectivity index (χ0) is 14.4. The maximum atomic E-state index is 5.88. The maximum absolute atomic E-state index is 5.88. The van der Waals surface area contributed by atoms with E-state index >= 15 is 0 Å². The Kier molecular flexibility index (Phi) is 5.72. The summed E-state index contributed by atoms with van der Waals surface area (Å²) in [5.41, 5.74) is 6.60. The highest BCUT2D eigenvalue weighted by Crippen LogP contribution is 2.24. The first-order valence-electron chi connectivity index (χ1n) is 7.86. The van der Waals surface area contributed by atoms with Gasteiger partial charge in [-0.2, -0.15) is 0 Å². The SMILES string of the molecule is CC(C)C1CCCN(CCOc2ccccc2N)CC1. The Morgan fingerprint density at radius 3 is 2.80 bits per heavy atom. The number of benzene rings is 1. The second-order valence-electron chi connectivity index (χ2n) is 6.16. The van der Waals surface area contributed by atoms with Crippen molar-refractivity contribution >= 4 is 5.69 Å². The molecule has 3 heteroatoms. The number of nitrogens with zero attached hydrogens (tertiary/aromatic N) is 1. The van der Waals surface area contributed by atoms with Crippen molar-refractivity contribution in [2.75, 3.05) is 32.0 Å². The van der Waals surface area contributed by atoms with Crippen LogP contribution >= 0.6 is 0 Å². The lowest BCUT2D eigenvalue weighted by Crippen LogP contribution is -2.29. The van der Waals surface area contributed by atoms with Gasteiger partial charge in [-0.15, -0.1) is 0 Å². The number of rotatable bonds is 5. The lowest BCUT2D eigenvalue weighted by Gasteiger charge is -2.21. The minimum absolute atomic E-state index is 0.723. The first-order valence-corrected chi connectivity index (χ1v) is 7.86. The Balaban J connectivity index is 1.73. The molecule has 1 saturated heterocycles. The van der Waals surface area contributed by atoms with Crippen molar-refractivity contribution in [1.29, 1.82) is 0 Å². The molecule has 1 heterocycles. The number of nitrogens with two attached hydrogens (primary N) is 1. The van der Waals surface area contributed by atoms with Crippen LogP contribution in [0.2, 0.25) is 0 Å². The molecule has 1 aliphatic heterocycles. The van der Waals surface area contributed by atoms with Crippen LogP contribution < -0.4 is 10.5 Å². The van der Waals surface area contributed by atoms with Crippen LogP contribution in [-0.2, 0) is 0 Å². The summed E-state index contributed by atoms with van der Waals surface area (Å²) < 4.78 is 5.79. The van der Waals surface area contributed by atoms with Crippen LogP contribution in [0.3, 0.4) is 0 Å². The van der Waals surface area contributed by atoms with Gasteiger partial charge in [0.1, 0.15) is 12.4 Å². The Hall–Kier alpha value is -1.22. The number of para-hydroxylation sites is 2. The highest BCUT2D eigenvalue weighted by molar-refractivity contribution is 5.51. The summed E-state index contributed by atoms with van der Waals surface area (Å²) >= 11 is 0. The van der Waals surface area contributed by atoms with Crippen molar-refractivity contribution < 1.29 is 4.74 Å². The van der Waals surface area contributed by atoms with Gasteiger partial charge >= 0.3 is 0 Å². The fourth-order valence-electron chi connectivity index (χ4n) is 2.97. The zero-order valence-electron chi connectivity index (χ0n) is 12.8. The van der Waals surface area contributed by atoms with Crippen molar-refractivity contribution in [2.45, 2.75) is 33.1 Å². The summed E-state index contributed by atoms with van der Waals surface area (Å²) in [6.07, 6.45) is 4.02. The molecule has 2 rings (SSSR count). The summed E-state index contributed by atoms with van der Waals surface area (Å²) in [5, 5.41) is 0. The van der Waals surface area contributed by atoms with Gasteiger partial charge in [0.25, 0.3) is 0 Å². The Labute approximate surface area is 123 Å². The van der Waals surface area contributed by atoms with Gasteiger partial charge < -0.3 is 10.5 Å². The second kappa shape index (κ2) is 7.53. The molecule has 0 aromatic heterocycles. The zero-order valence-corrected chi connectivity index (χ0v) is 12.8. The van der Waals surface area contributed by atoms with Crippen molar-refractivity contribution in [3.8, 4) is 5.75 Å². The monoisotopic (exact) mass is 276 g/mol. The van der Waals surface area contributed by atoms with Crippen LogP contribution in [-0.4, -0.2) is 31.1 Å². The normalized spacial score (nSPS) is 20.9. The summed E-state index contributed by atoms with van der Waals surface area (Å²) in [7, 11) is 0. The summed E-state index contributed by atoms with van der Waals surface area (Å²) in [6.45, 7) is 8.83. The first kappa shape index (κ1) is 15.2. The van der Waals surface area contributed by atoms with Gasteiger partial charge in [0.05, 0.1) is 5.69 Å². The smallest absolute Gasteiger partial charge is 0.142 e. The third kappa shape index (κ3) is 4.41. The van der Waals surface area contributed by atoms with E-state index in [1.807, 2.05) is 24.3 Å². The number of likely N-dealkylation sites (tertiary alicyclic amines) is 1. The highest BCUT2D eigenvalue weighted by Gasteiger charge is 2.19. The largest absolute Gasteiger partial charge is 0.490 e. The molecule has 112 valence electrons. The molecular formula is C17H28N2O. The Morgan fingerprint density at radius 2 is 2.05 bits per heavy atom. The first-order chi connectivity index (χ1) is 9.66. The highest BCUT2D eigenvalue weighted by atomic mass is 16.5. The van der Waals surface area contributed by atoms with Crippen LogP contribution in [0.4, 0.5) is 5.69 Å². The quantitative estimate of drug-likeness (QED) is 0.838. The topological polar surface area (TPSA) is 38.5 Å². The summed E-state index contributed by atoms with van der Waals surface area (Å²) in [6, 6.07) is 7.72. The number of ether oxygens (including phenoxy) is 1. The minimum Gasteiger partial charge on any atom is -0.490 e. The van der Waals surface area contributed by atoms with Gasteiger partial charge in [-0.25, -0.2) is 0 Å². The van der Waals surface area contributed by atoms with Crippen LogP contribution in [0.5, 0.6) is 5.75 Å². The average molecular weight is 276 g/mol. The van der Waals surface area contributed by atoms with Crippen LogP contribution in [0, 0.1) is 11.8 Å². The van der Waals surface area contributed by atoms with Gasteiger partial charge in [0.2, 0.25) is 0 Å². The van der Waals surface area contributed by atoms with Gasteiger partial charge in [0, 0.05) is 6.54 Å². The lowest BCUT2D eigenvalue weighted by atomic mass is 9.89. The molecule has 1 unspecified atom stereocenters. The van der Waals surface area contributed by atoms with Crippen LogP contribution in [0.25, 0.3) is 0 Å². The Bertz CT molecular complexity index is 406. The van der Waals surface area contributed by atoms with E-state index in [1.165, 1.54) is 32.4 Å². The predicted octanol–water partition coefficient (Wildman–Crippen LogP) is 3.41. The maximum Gasteiger partial charge on any atom is 0.142 e. The van der Waals surface area contributed by atoms with Gasteiger partial charge in [-0.3, -0.25) is 4.90 Å². The number of hydrogen-bond donors (Lipinski definition) is 1. The number of anilines is 1. The average Bonchev–Trinajstić information content (AvgIpc) is 2.67. The standard InChI is InChI=1S/C17H28N2O/c1-14(2)15-6-5-10-19(11-9-15)12-13-20-17-8-4-3-7-16(17)18/h3-4,7-8,14-15H,5-6,9-13,18H2,1-2H3. The molecule has 3 nitrogen and oxygen atoms in total. The van der Waals surface area contributed by atoms with E-state index in [1.54, 1.807) is 0 Å². The van der Waals surface area contributed by atoms with E-state index in [2.05, 4.69) is 18.7 Å². The molecule has 0 spiro atoms. The minimum atomic E-state index is 0.723. The van der Waals surface area contributed by atoms with E-state index in [0.29, 0.717) is 0 Å². The molecule has 1 aromatic carbocycles. The molecule has 0 bridgehead atoms. The van der Waals surface area contributed by atoms with Gasteiger partial charge in [0.15, 0.2) is 0 Å². The van der Waals surface area contributed by atoms with Crippen LogP contribution in [0.1, 0.15) is 33.1 Å². The lowest BCUT2D eigenvalue weighted by molar-refractivity contribution is 0.210. The van der Waals surface area contributed by atoms with Crippen molar-refractivity contribution in [2.24, 2.45) is 11.8 Å². The number of nitrogen functional groups attached to an aromatic ring is 1. The second-order valence-corrected chi connectivity index (χ2v) is 6.16. The summed E-state index contributed by atoms with van der Waals surface area (Å²) in [5.74, 6) is 2.52. The van der Waals surface area contributed by atoms with E-state index in [-0.39, 0.29) is 0 Å². The molecule has 1 atom stereocenters. The molecule has 1 aliphatic rings. The van der Waals surface area contributed by atoms with Crippen molar-refractivity contribution in [1.82, 2.24) is 4.90 Å². The van der Waals surface area contributed by atoms with Gasteiger partial charge in [-0.1, -0.05) is 26.0 Å². The molecule has 0 amide bonds. The van der Waals surface area contributed by atoms with E-state index in [0.717, 1.165) is 36.4 Å². The molecule has 1 aromatic rings. The predicted molar refractivity (Wildman–Crippen MR) is 85.0 cm³/mol. The molecule has 2 N–H and O–H groups in total. The van der Waals surface area contributed by atoms with E-state index in [9.17, 15) is 0 Å². The fraction of sp³-hybridized carbons (Fsp3) is 0.647. The summed E-state index contributed by atoms with van der Waals surface area (Å²) in [4.78, 5) is 2.53. The number of hydrogen-bond acceptors (Lipinski definition) is 3. The van der Waals surface area contributed by atoms with Crippen molar-refractivity contribution in [3.63, 3.8) is 0 Å². The third-order valence-electron chi connectivity index (χ3n) is 4.39. The molecule has 20 heavy (non-hydrogen) atoms. The molecule has 0 radical (unpaired) electrons. The molecule has 1 fully saturated rings. The van der Waals surface area contributed by atoms with E-state index < -0.39 is 0 Å². The van der Waals surface area contributed by atoms with E-state index in [4.69, 9.17) is 10.5 Å². The Morgan fingerprint density at radius 1 is 1.25 bits per heavy atom. The molecule has 0 aliphatic carbocycles. The van der Waals surface area contributed by atoms with Crippen molar-refractivity contribution in [3.05, 3.63) is 24.3 Å². The molecular weight excluding hydrogens is 248 g/mol. The molecule has 0 saturated carbocycles. The third-order valence-corrected chi connectivity index (χ3v) is 4.39. The van der Waals surface area contributed by atoms with Gasteiger partial charge in [-0.05, 0) is 56.3 Å². The fourth-order valence-corrected chi connectivity index (χ4v) is 2.97. The van der Waals surface area contributed by atoms with Crippen LogP contribution in [0.15, 0.2) is 24.3 Å².